The van der Waals surface area contributed by atoms with Gasteiger partial charge in [-0.25, -0.2) is 4.98 Å². The van der Waals surface area contributed by atoms with Crippen molar-refractivity contribution in [1.82, 2.24) is 15.0 Å². The summed E-state index contributed by atoms with van der Waals surface area (Å²) in [5.74, 6) is 2.73. The summed E-state index contributed by atoms with van der Waals surface area (Å²) in [6.07, 6.45) is 6.05. The normalized spacial score (nSPS) is 13.7. The van der Waals surface area contributed by atoms with Gasteiger partial charge < -0.3 is 9.47 Å². The summed E-state index contributed by atoms with van der Waals surface area (Å²) in [5.41, 5.74) is 3.97. The summed E-state index contributed by atoms with van der Waals surface area (Å²) in [6.45, 7) is 0.475. The molecule has 122 valence electrons. The quantitative estimate of drug-likeness (QED) is 0.678. The highest BCUT2D eigenvalue weighted by molar-refractivity contribution is 7.13. The second kappa shape index (κ2) is 6.57. The van der Waals surface area contributed by atoms with E-state index in [1.54, 1.807) is 18.8 Å². The molecule has 5 nitrogen and oxygen atoms in total. The summed E-state index contributed by atoms with van der Waals surface area (Å²) >= 11 is 1.53. The monoisotopic (exact) mass is 339 g/mol. The number of ether oxygens (including phenoxy) is 2. The summed E-state index contributed by atoms with van der Waals surface area (Å²) in [6, 6.07) is 7.87. The van der Waals surface area contributed by atoms with Crippen LogP contribution in [-0.2, 0) is 6.61 Å². The number of nitrogens with zero attached hydrogens (tertiary/aromatic N) is 3. The van der Waals surface area contributed by atoms with E-state index in [1.807, 2.05) is 30.5 Å². The van der Waals surface area contributed by atoms with Gasteiger partial charge in [-0.1, -0.05) is 12.1 Å². The summed E-state index contributed by atoms with van der Waals surface area (Å²) < 4.78 is 11.2. The first-order chi connectivity index (χ1) is 11.8. The van der Waals surface area contributed by atoms with Gasteiger partial charge in [0.05, 0.1) is 17.5 Å². The van der Waals surface area contributed by atoms with Gasteiger partial charge in [-0.15, -0.1) is 11.3 Å². The number of hydrogen-bond acceptors (Lipinski definition) is 6. The fourth-order valence-electron chi connectivity index (χ4n) is 2.48. The van der Waals surface area contributed by atoms with Crippen molar-refractivity contribution in [2.24, 2.45) is 0 Å². The molecule has 2 aromatic heterocycles. The topological polar surface area (TPSA) is 57.1 Å². The van der Waals surface area contributed by atoms with Crippen LogP contribution in [0.1, 0.15) is 29.9 Å². The predicted molar refractivity (Wildman–Crippen MR) is 92.4 cm³/mol. The van der Waals surface area contributed by atoms with Gasteiger partial charge in [0.15, 0.2) is 5.82 Å². The van der Waals surface area contributed by atoms with Crippen LogP contribution in [0.15, 0.2) is 42.2 Å². The van der Waals surface area contributed by atoms with Crippen molar-refractivity contribution in [3.63, 3.8) is 0 Å². The molecule has 1 aromatic carbocycles. The molecule has 1 fully saturated rings. The Balaban J connectivity index is 1.56. The van der Waals surface area contributed by atoms with Crippen LogP contribution < -0.4 is 9.47 Å². The third kappa shape index (κ3) is 3.23. The maximum Gasteiger partial charge on any atom is 0.220 e. The Morgan fingerprint density at radius 1 is 1.17 bits per heavy atom. The van der Waals surface area contributed by atoms with Crippen molar-refractivity contribution >= 4 is 11.3 Å². The molecule has 0 saturated heterocycles. The Kier molecular flexibility index (Phi) is 4.13. The Morgan fingerprint density at radius 3 is 2.67 bits per heavy atom. The van der Waals surface area contributed by atoms with Gasteiger partial charge >= 0.3 is 0 Å². The fourth-order valence-corrected chi connectivity index (χ4v) is 3.04. The number of thiazole rings is 1. The first-order valence-corrected chi connectivity index (χ1v) is 8.73. The molecule has 2 heterocycles. The molecule has 0 spiro atoms. The van der Waals surface area contributed by atoms with Gasteiger partial charge in [-0.2, -0.15) is 4.98 Å². The first kappa shape index (κ1) is 15.1. The van der Waals surface area contributed by atoms with E-state index in [0.717, 1.165) is 21.8 Å². The van der Waals surface area contributed by atoms with E-state index in [1.165, 1.54) is 24.2 Å². The highest BCUT2D eigenvalue weighted by Crippen LogP contribution is 2.44. The van der Waals surface area contributed by atoms with Crippen LogP contribution in [0.25, 0.3) is 10.7 Å². The van der Waals surface area contributed by atoms with Crippen LogP contribution in [0.2, 0.25) is 0 Å². The third-order valence-electron chi connectivity index (χ3n) is 3.98. The highest BCUT2D eigenvalue weighted by atomic mass is 32.1. The van der Waals surface area contributed by atoms with Gasteiger partial charge in [-0.05, 0) is 36.5 Å². The van der Waals surface area contributed by atoms with Gasteiger partial charge in [0, 0.05) is 18.0 Å². The van der Waals surface area contributed by atoms with Gasteiger partial charge in [-0.3, -0.25) is 4.98 Å². The molecule has 1 aliphatic rings. The lowest BCUT2D eigenvalue weighted by molar-refractivity contribution is 0.290. The van der Waals surface area contributed by atoms with E-state index < -0.39 is 0 Å². The molecule has 1 saturated carbocycles. The van der Waals surface area contributed by atoms with E-state index >= 15 is 0 Å². The second-order valence-electron chi connectivity index (χ2n) is 5.73. The second-order valence-corrected chi connectivity index (χ2v) is 6.62. The minimum atomic E-state index is 0.475. The molecule has 0 unspecified atom stereocenters. The van der Waals surface area contributed by atoms with Gasteiger partial charge in [0.1, 0.15) is 12.4 Å². The third-order valence-corrected chi connectivity index (χ3v) is 4.75. The smallest absolute Gasteiger partial charge is 0.220 e. The van der Waals surface area contributed by atoms with E-state index in [2.05, 4.69) is 15.0 Å². The molecule has 0 atom stereocenters. The van der Waals surface area contributed by atoms with E-state index in [4.69, 9.17) is 9.47 Å². The Morgan fingerprint density at radius 2 is 2.00 bits per heavy atom. The van der Waals surface area contributed by atoms with Crippen molar-refractivity contribution in [1.29, 1.82) is 0 Å². The molecule has 3 aromatic rings. The molecular weight excluding hydrogens is 322 g/mol. The lowest BCUT2D eigenvalue weighted by Gasteiger charge is -2.11. The largest absolute Gasteiger partial charge is 0.497 e. The van der Waals surface area contributed by atoms with Crippen LogP contribution in [0.5, 0.6) is 11.6 Å². The molecule has 0 radical (unpaired) electrons. The van der Waals surface area contributed by atoms with E-state index in [9.17, 15) is 0 Å². The molecule has 0 amide bonds. The van der Waals surface area contributed by atoms with E-state index in [0.29, 0.717) is 24.2 Å². The van der Waals surface area contributed by atoms with E-state index in [-0.39, 0.29) is 0 Å². The number of aromatic nitrogens is 3. The first-order valence-electron chi connectivity index (χ1n) is 7.85. The molecule has 0 bridgehead atoms. The van der Waals surface area contributed by atoms with Crippen molar-refractivity contribution < 1.29 is 9.47 Å². The maximum absolute atomic E-state index is 6.03. The zero-order valence-electron chi connectivity index (χ0n) is 13.3. The zero-order chi connectivity index (χ0) is 16.4. The molecule has 1 aliphatic carbocycles. The molecule has 24 heavy (non-hydrogen) atoms. The standard InChI is InChI=1S/C18H17N3O2S/c1-22-14-6-2-12(3-7-14)10-23-18-15(13-4-5-13)8-20-17(21-18)16-9-19-11-24-16/h2-3,6-9,11,13H,4-5,10H2,1H3. The van der Waals surface area contributed by atoms with Crippen molar-refractivity contribution in [2.75, 3.05) is 7.11 Å². The minimum Gasteiger partial charge on any atom is -0.497 e. The highest BCUT2D eigenvalue weighted by Gasteiger charge is 2.28. The SMILES string of the molecule is COc1ccc(COc2nc(-c3cncs3)ncc2C2CC2)cc1. The van der Waals surface area contributed by atoms with Crippen molar-refractivity contribution in [3.8, 4) is 22.3 Å². The number of hydrogen-bond donors (Lipinski definition) is 0. The van der Waals surface area contributed by atoms with Crippen molar-refractivity contribution in [2.45, 2.75) is 25.4 Å². The molecule has 0 aliphatic heterocycles. The Labute approximate surface area is 144 Å². The summed E-state index contributed by atoms with van der Waals surface area (Å²) in [4.78, 5) is 14.2. The van der Waals surface area contributed by atoms with Crippen LogP contribution >= 0.6 is 11.3 Å². The predicted octanol–water partition coefficient (Wildman–Crippen LogP) is 4.07. The van der Waals surface area contributed by atoms with Gasteiger partial charge in [0.25, 0.3) is 0 Å². The molecule has 0 N–H and O–H groups in total. The van der Waals surface area contributed by atoms with Gasteiger partial charge in [0.2, 0.25) is 5.88 Å². The molecule has 6 heteroatoms. The zero-order valence-corrected chi connectivity index (χ0v) is 14.1. The summed E-state index contributed by atoms with van der Waals surface area (Å²) in [5, 5.41) is 0. The van der Waals surface area contributed by atoms with Crippen LogP contribution in [0.3, 0.4) is 0 Å². The average molecular weight is 339 g/mol. The lowest BCUT2D eigenvalue weighted by Crippen LogP contribution is -2.02. The van der Waals surface area contributed by atoms with Crippen LogP contribution in [0, 0.1) is 0 Å². The van der Waals surface area contributed by atoms with Crippen LogP contribution in [0.4, 0.5) is 0 Å². The lowest BCUT2D eigenvalue weighted by atomic mass is 10.2. The number of rotatable bonds is 6. The number of methoxy groups -OCH3 is 1. The maximum atomic E-state index is 6.03. The van der Waals surface area contributed by atoms with Crippen LogP contribution in [-0.4, -0.2) is 22.1 Å². The number of benzene rings is 1. The summed E-state index contributed by atoms with van der Waals surface area (Å²) in [7, 11) is 1.66. The molecule has 4 rings (SSSR count). The minimum absolute atomic E-state index is 0.475. The Hall–Kier alpha value is -2.47. The average Bonchev–Trinajstić information content (AvgIpc) is 3.33. The Bertz CT molecular complexity index is 815. The fraction of sp³-hybridized carbons (Fsp3) is 0.278. The van der Waals surface area contributed by atoms with Crippen molar-refractivity contribution in [3.05, 3.63) is 53.3 Å². The molecular formula is C18H17N3O2S.